The van der Waals surface area contributed by atoms with E-state index in [4.69, 9.17) is 0 Å². The lowest BCUT2D eigenvalue weighted by atomic mass is 10.1. The first-order chi connectivity index (χ1) is 8.63. The van der Waals surface area contributed by atoms with Gasteiger partial charge >= 0.3 is 0 Å². The molecule has 0 amide bonds. The lowest BCUT2D eigenvalue weighted by molar-refractivity contribution is 0.454. The minimum Gasteiger partial charge on any atom is -0.508 e. The van der Waals surface area contributed by atoms with Gasteiger partial charge in [0.1, 0.15) is 5.75 Å². The molecule has 100 valence electrons. The molecule has 0 bridgehead atoms. The molecule has 1 aliphatic heterocycles. The van der Waals surface area contributed by atoms with Crippen molar-refractivity contribution in [3.63, 3.8) is 0 Å². The summed E-state index contributed by atoms with van der Waals surface area (Å²) in [5, 5.41) is 13.5. The van der Waals surface area contributed by atoms with Gasteiger partial charge in [-0.1, -0.05) is 13.0 Å². The predicted octanol–water partition coefficient (Wildman–Crippen LogP) is 3.05. The lowest BCUT2D eigenvalue weighted by Gasteiger charge is -2.25. The van der Waals surface area contributed by atoms with E-state index in [0.717, 1.165) is 24.3 Å². The van der Waals surface area contributed by atoms with Crippen LogP contribution in [0.4, 0.5) is 5.69 Å². The van der Waals surface area contributed by atoms with Gasteiger partial charge in [-0.2, -0.15) is 0 Å². The number of rotatable bonds is 4. The average molecular weight is 248 g/mol. The second-order valence-electron chi connectivity index (χ2n) is 5.21. The molecule has 2 atom stereocenters. The van der Waals surface area contributed by atoms with Crippen molar-refractivity contribution in [1.29, 1.82) is 0 Å². The fourth-order valence-corrected chi connectivity index (χ4v) is 2.81. The first-order valence-electron chi connectivity index (χ1n) is 6.96. The molecule has 0 aliphatic carbocycles. The Labute approximate surface area is 110 Å². The smallest absolute Gasteiger partial charge is 0.122 e. The molecule has 2 rings (SSSR count). The van der Waals surface area contributed by atoms with Crippen molar-refractivity contribution in [1.82, 2.24) is 5.32 Å². The molecular formula is C15H24N2O. The molecule has 1 aliphatic rings. The molecule has 2 unspecified atom stereocenters. The van der Waals surface area contributed by atoms with Gasteiger partial charge in [-0.15, -0.1) is 0 Å². The van der Waals surface area contributed by atoms with E-state index in [1.807, 2.05) is 12.1 Å². The highest BCUT2D eigenvalue weighted by Crippen LogP contribution is 2.32. The van der Waals surface area contributed by atoms with Crippen LogP contribution in [0.3, 0.4) is 0 Å². The van der Waals surface area contributed by atoms with Gasteiger partial charge in [-0.25, -0.2) is 0 Å². The van der Waals surface area contributed by atoms with Crippen molar-refractivity contribution in [2.75, 3.05) is 18.0 Å². The maximum Gasteiger partial charge on any atom is 0.122 e. The molecule has 2 N–H and O–H groups in total. The normalized spacial score (nSPS) is 21.3. The van der Waals surface area contributed by atoms with Crippen molar-refractivity contribution in [2.24, 2.45) is 0 Å². The van der Waals surface area contributed by atoms with Gasteiger partial charge in [0.15, 0.2) is 0 Å². The Morgan fingerprint density at radius 1 is 1.50 bits per heavy atom. The van der Waals surface area contributed by atoms with Crippen LogP contribution in [-0.4, -0.2) is 24.2 Å². The van der Waals surface area contributed by atoms with E-state index in [1.54, 1.807) is 0 Å². The fourth-order valence-electron chi connectivity index (χ4n) is 2.81. The van der Waals surface area contributed by atoms with E-state index in [1.165, 1.54) is 12.8 Å². The second kappa shape index (κ2) is 5.61. The molecule has 1 saturated heterocycles. The quantitative estimate of drug-likeness (QED) is 0.859. The largest absolute Gasteiger partial charge is 0.508 e. The molecule has 18 heavy (non-hydrogen) atoms. The number of hydrogen-bond acceptors (Lipinski definition) is 3. The number of aromatic hydroxyl groups is 1. The van der Waals surface area contributed by atoms with Crippen LogP contribution in [0.5, 0.6) is 5.75 Å². The van der Waals surface area contributed by atoms with Crippen LogP contribution in [0.15, 0.2) is 18.2 Å². The van der Waals surface area contributed by atoms with Gasteiger partial charge in [0.05, 0.1) is 0 Å². The van der Waals surface area contributed by atoms with Crippen LogP contribution in [0.25, 0.3) is 0 Å². The summed E-state index contributed by atoms with van der Waals surface area (Å²) in [6.07, 6.45) is 2.49. The van der Waals surface area contributed by atoms with E-state index < -0.39 is 0 Å². The Morgan fingerprint density at radius 3 is 2.83 bits per heavy atom. The molecular weight excluding hydrogens is 224 g/mol. The summed E-state index contributed by atoms with van der Waals surface area (Å²) >= 11 is 0. The Bertz CT molecular complexity index is 405. The molecule has 1 heterocycles. The SMILES string of the molecule is CCNC(C)c1ccc(N2CCCC2C)cc1O. The predicted molar refractivity (Wildman–Crippen MR) is 76.2 cm³/mol. The van der Waals surface area contributed by atoms with E-state index in [-0.39, 0.29) is 6.04 Å². The third-order valence-corrected chi connectivity index (χ3v) is 3.88. The van der Waals surface area contributed by atoms with Crippen molar-refractivity contribution in [2.45, 2.75) is 45.7 Å². The minimum absolute atomic E-state index is 0.194. The minimum atomic E-state index is 0.194. The Kier molecular flexibility index (Phi) is 4.12. The summed E-state index contributed by atoms with van der Waals surface area (Å²) in [5.41, 5.74) is 2.12. The maximum atomic E-state index is 10.2. The van der Waals surface area contributed by atoms with Crippen LogP contribution in [-0.2, 0) is 0 Å². The molecule has 1 aromatic carbocycles. The molecule has 0 radical (unpaired) electrons. The topological polar surface area (TPSA) is 35.5 Å². The zero-order valence-corrected chi connectivity index (χ0v) is 11.6. The number of hydrogen-bond donors (Lipinski definition) is 2. The highest BCUT2D eigenvalue weighted by atomic mass is 16.3. The molecule has 0 saturated carbocycles. The summed E-state index contributed by atoms with van der Waals surface area (Å²) in [5.74, 6) is 0.403. The van der Waals surface area contributed by atoms with Crippen LogP contribution < -0.4 is 10.2 Å². The van der Waals surface area contributed by atoms with Crippen molar-refractivity contribution < 1.29 is 5.11 Å². The van der Waals surface area contributed by atoms with Crippen molar-refractivity contribution in [3.05, 3.63) is 23.8 Å². The second-order valence-corrected chi connectivity index (χ2v) is 5.21. The van der Waals surface area contributed by atoms with E-state index in [2.05, 4.69) is 37.1 Å². The number of phenols is 1. The molecule has 3 nitrogen and oxygen atoms in total. The molecule has 1 fully saturated rings. The highest BCUT2D eigenvalue weighted by Gasteiger charge is 2.21. The first-order valence-corrected chi connectivity index (χ1v) is 6.96. The summed E-state index contributed by atoms with van der Waals surface area (Å²) in [7, 11) is 0. The number of nitrogens with one attached hydrogen (secondary N) is 1. The Hall–Kier alpha value is -1.22. The average Bonchev–Trinajstić information content (AvgIpc) is 2.75. The van der Waals surface area contributed by atoms with E-state index in [9.17, 15) is 5.11 Å². The summed E-state index contributed by atoms with van der Waals surface area (Å²) < 4.78 is 0. The van der Waals surface area contributed by atoms with Crippen LogP contribution in [0, 0.1) is 0 Å². The number of phenolic OH excluding ortho intramolecular Hbond substituents is 1. The molecule has 0 spiro atoms. The Morgan fingerprint density at radius 2 is 2.28 bits per heavy atom. The van der Waals surface area contributed by atoms with Gasteiger partial charge < -0.3 is 15.3 Å². The molecule has 3 heteroatoms. The standard InChI is InChI=1S/C15H24N2O/c1-4-16-12(3)14-8-7-13(10-15(14)18)17-9-5-6-11(17)2/h7-8,10-12,16,18H,4-6,9H2,1-3H3. The number of benzene rings is 1. The zero-order valence-electron chi connectivity index (χ0n) is 11.6. The van der Waals surface area contributed by atoms with Crippen molar-refractivity contribution >= 4 is 5.69 Å². The highest BCUT2D eigenvalue weighted by molar-refractivity contribution is 5.55. The monoisotopic (exact) mass is 248 g/mol. The first kappa shape index (κ1) is 13.2. The van der Waals surface area contributed by atoms with Crippen LogP contribution in [0.2, 0.25) is 0 Å². The van der Waals surface area contributed by atoms with Gasteiger partial charge in [-0.3, -0.25) is 0 Å². The molecule has 1 aromatic rings. The summed E-state index contributed by atoms with van der Waals surface area (Å²) in [6, 6.07) is 6.86. The van der Waals surface area contributed by atoms with Gasteiger partial charge in [0.2, 0.25) is 0 Å². The van der Waals surface area contributed by atoms with E-state index in [0.29, 0.717) is 11.8 Å². The third-order valence-electron chi connectivity index (χ3n) is 3.88. The van der Waals surface area contributed by atoms with Gasteiger partial charge in [-0.05, 0) is 39.3 Å². The lowest BCUT2D eigenvalue weighted by Crippen LogP contribution is -2.26. The van der Waals surface area contributed by atoms with E-state index >= 15 is 0 Å². The zero-order chi connectivity index (χ0) is 13.1. The summed E-state index contributed by atoms with van der Waals surface area (Å²) in [4.78, 5) is 2.38. The fraction of sp³-hybridized carbons (Fsp3) is 0.600. The maximum absolute atomic E-state index is 10.2. The number of anilines is 1. The third kappa shape index (κ3) is 2.61. The van der Waals surface area contributed by atoms with Gasteiger partial charge in [0, 0.05) is 35.9 Å². The van der Waals surface area contributed by atoms with Crippen LogP contribution >= 0.6 is 0 Å². The van der Waals surface area contributed by atoms with Crippen LogP contribution in [0.1, 0.15) is 45.2 Å². The summed E-state index contributed by atoms with van der Waals surface area (Å²) in [6.45, 7) is 8.41. The molecule has 0 aromatic heterocycles. The number of nitrogens with zero attached hydrogens (tertiary/aromatic N) is 1. The van der Waals surface area contributed by atoms with Crippen molar-refractivity contribution in [3.8, 4) is 5.75 Å². The van der Waals surface area contributed by atoms with Gasteiger partial charge in [0.25, 0.3) is 0 Å². The Balaban J connectivity index is 2.19.